The molecular weight excluding hydrogens is 158 g/mol. The standard InChI is InChI=1S/C9H8ClN/c10-8-4-5-9(11)7-3-1-2-6(7)8/h1,3-5H,2,11H2. The summed E-state index contributed by atoms with van der Waals surface area (Å²) in [5.74, 6) is 0. The molecule has 0 saturated carbocycles. The lowest BCUT2D eigenvalue weighted by atomic mass is 10.1. The van der Waals surface area contributed by atoms with E-state index < -0.39 is 0 Å². The molecule has 0 aromatic heterocycles. The number of hydrogen-bond donors (Lipinski definition) is 1. The molecule has 0 heterocycles. The van der Waals surface area contributed by atoms with Gasteiger partial charge in [0.05, 0.1) is 0 Å². The summed E-state index contributed by atoms with van der Waals surface area (Å²) in [6, 6.07) is 3.69. The van der Waals surface area contributed by atoms with Crippen LogP contribution in [-0.2, 0) is 6.42 Å². The molecule has 0 aliphatic heterocycles. The highest BCUT2D eigenvalue weighted by Gasteiger charge is 2.10. The van der Waals surface area contributed by atoms with Crippen LogP contribution in [0.25, 0.3) is 6.08 Å². The number of halogens is 1. The number of nitrogens with two attached hydrogens (primary N) is 1. The van der Waals surface area contributed by atoms with Crippen molar-refractivity contribution >= 4 is 23.4 Å². The minimum absolute atomic E-state index is 0.818. The van der Waals surface area contributed by atoms with Crippen molar-refractivity contribution in [2.75, 3.05) is 5.73 Å². The second-order valence-corrected chi connectivity index (χ2v) is 3.04. The summed E-state index contributed by atoms with van der Waals surface area (Å²) in [6.45, 7) is 0. The lowest BCUT2D eigenvalue weighted by Gasteiger charge is -2.03. The smallest absolute Gasteiger partial charge is 0.0448 e. The molecule has 0 unspecified atom stereocenters. The number of fused-ring (bicyclic) bond motifs is 1. The van der Waals surface area contributed by atoms with E-state index in [1.54, 1.807) is 0 Å². The first-order chi connectivity index (χ1) is 5.29. The molecule has 56 valence electrons. The third-order valence-electron chi connectivity index (χ3n) is 1.94. The van der Waals surface area contributed by atoms with Crippen LogP contribution in [0.1, 0.15) is 11.1 Å². The normalized spacial score (nSPS) is 13.5. The van der Waals surface area contributed by atoms with Crippen molar-refractivity contribution in [1.29, 1.82) is 0 Å². The molecule has 11 heavy (non-hydrogen) atoms. The van der Waals surface area contributed by atoms with Crippen molar-refractivity contribution in [2.45, 2.75) is 6.42 Å². The maximum atomic E-state index is 5.95. The van der Waals surface area contributed by atoms with E-state index >= 15 is 0 Å². The van der Waals surface area contributed by atoms with E-state index in [-0.39, 0.29) is 0 Å². The second-order valence-electron chi connectivity index (χ2n) is 2.64. The number of hydrogen-bond acceptors (Lipinski definition) is 1. The highest BCUT2D eigenvalue weighted by molar-refractivity contribution is 6.31. The largest absolute Gasteiger partial charge is 0.398 e. The van der Waals surface area contributed by atoms with Crippen molar-refractivity contribution in [1.82, 2.24) is 0 Å². The molecule has 0 radical (unpaired) electrons. The third-order valence-corrected chi connectivity index (χ3v) is 2.29. The van der Waals surface area contributed by atoms with Crippen LogP contribution < -0.4 is 5.73 Å². The number of nitrogen functional groups attached to an aromatic ring is 1. The Hall–Kier alpha value is -0.950. The summed E-state index contributed by atoms with van der Waals surface area (Å²) in [5.41, 5.74) is 8.80. The van der Waals surface area contributed by atoms with Crippen LogP contribution in [-0.4, -0.2) is 0 Å². The molecule has 1 aliphatic carbocycles. The number of anilines is 1. The predicted octanol–water partition coefficient (Wildman–Crippen LogP) is 2.49. The first-order valence-electron chi connectivity index (χ1n) is 3.52. The third kappa shape index (κ3) is 0.925. The predicted molar refractivity (Wildman–Crippen MR) is 48.6 cm³/mol. The molecule has 1 aliphatic rings. The van der Waals surface area contributed by atoms with Gasteiger partial charge in [0.2, 0.25) is 0 Å². The Morgan fingerprint density at radius 1 is 1.36 bits per heavy atom. The zero-order valence-electron chi connectivity index (χ0n) is 5.97. The molecule has 0 spiro atoms. The van der Waals surface area contributed by atoms with Gasteiger partial charge < -0.3 is 5.73 Å². The molecule has 0 bridgehead atoms. The molecule has 2 heteroatoms. The first-order valence-corrected chi connectivity index (χ1v) is 3.90. The van der Waals surface area contributed by atoms with Crippen molar-refractivity contribution in [2.24, 2.45) is 0 Å². The molecule has 0 atom stereocenters. The summed E-state index contributed by atoms with van der Waals surface area (Å²) >= 11 is 5.95. The zero-order chi connectivity index (χ0) is 7.84. The fourth-order valence-electron chi connectivity index (χ4n) is 1.36. The highest BCUT2D eigenvalue weighted by Crippen LogP contribution is 2.30. The Bertz CT molecular complexity index is 329. The van der Waals surface area contributed by atoms with E-state index in [0.717, 1.165) is 28.3 Å². The fourth-order valence-corrected chi connectivity index (χ4v) is 1.60. The van der Waals surface area contributed by atoms with Crippen LogP contribution in [0.3, 0.4) is 0 Å². The van der Waals surface area contributed by atoms with E-state index in [1.807, 2.05) is 18.2 Å². The second kappa shape index (κ2) is 2.28. The van der Waals surface area contributed by atoms with Crippen LogP contribution in [0.5, 0.6) is 0 Å². The van der Waals surface area contributed by atoms with Gasteiger partial charge in [0.15, 0.2) is 0 Å². The number of rotatable bonds is 0. The molecule has 0 fully saturated rings. The van der Waals surface area contributed by atoms with E-state index in [9.17, 15) is 0 Å². The van der Waals surface area contributed by atoms with Crippen LogP contribution in [0.4, 0.5) is 5.69 Å². The molecule has 2 N–H and O–H groups in total. The van der Waals surface area contributed by atoms with E-state index in [4.69, 9.17) is 17.3 Å². The van der Waals surface area contributed by atoms with Crippen molar-refractivity contribution < 1.29 is 0 Å². The summed E-state index contributed by atoms with van der Waals surface area (Å²) in [7, 11) is 0. The summed E-state index contributed by atoms with van der Waals surface area (Å²) in [6.07, 6.45) is 5.02. The van der Waals surface area contributed by atoms with Gasteiger partial charge in [-0.1, -0.05) is 23.8 Å². The van der Waals surface area contributed by atoms with Crippen molar-refractivity contribution in [3.05, 3.63) is 34.4 Å². The molecule has 1 nitrogen and oxygen atoms in total. The van der Waals surface area contributed by atoms with Gasteiger partial charge in [-0.15, -0.1) is 0 Å². The van der Waals surface area contributed by atoms with E-state index in [2.05, 4.69) is 6.08 Å². The Morgan fingerprint density at radius 3 is 2.91 bits per heavy atom. The average molecular weight is 166 g/mol. The Morgan fingerprint density at radius 2 is 2.18 bits per heavy atom. The highest BCUT2D eigenvalue weighted by atomic mass is 35.5. The zero-order valence-corrected chi connectivity index (χ0v) is 6.73. The molecule has 0 amide bonds. The number of allylic oxidation sites excluding steroid dienone is 1. The van der Waals surface area contributed by atoms with E-state index in [1.165, 1.54) is 0 Å². The molecular formula is C9H8ClN. The van der Waals surface area contributed by atoms with Gasteiger partial charge in [0.1, 0.15) is 0 Å². The van der Waals surface area contributed by atoms with Crippen LogP contribution in [0.15, 0.2) is 18.2 Å². The summed E-state index contributed by atoms with van der Waals surface area (Å²) < 4.78 is 0. The van der Waals surface area contributed by atoms with Crippen LogP contribution in [0, 0.1) is 0 Å². The van der Waals surface area contributed by atoms with Gasteiger partial charge in [0.25, 0.3) is 0 Å². The van der Waals surface area contributed by atoms with Gasteiger partial charge in [-0.05, 0) is 24.1 Å². The minimum Gasteiger partial charge on any atom is -0.398 e. The first kappa shape index (κ1) is 6.74. The number of benzene rings is 1. The van der Waals surface area contributed by atoms with Crippen molar-refractivity contribution in [3.63, 3.8) is 0 Å². The topological polar surface area (TPSA) is 26.0 Å². The SMILES string of the molecule is Nc1ccc(Cl)c2c1C=CC2. The summed E-state index contributed by atoms with van der Waals surface area (Å²) in [5, 5.41) is 0.819. The lowest BCUT2D eigenvalue weighted by Crippen LogP contribution is -1.91. The molecule has 2 rings (SSSR count). The fraction of sp³-hybridized carbons (Fsp3) is 0.111. The maximum Gasteiger partial charge on any atom is 0.0448 e. The van der Waals surface area contributed by atoms with Crippen LogP contribution in [0.2, 0.25) is 5.02 Å². The minimum atomic E-state index is 0.818. The lowest BCUT2D eigenvalue weighted by molar-refractivity contribution is 1.31. The molecule has 1 aromatic rings. The Balaban J connectivity index is 2.71. The van der Waals surface area contributed by atoms with Crippen molar-refractivity contribution in [3.8, 4) is 0 Å². The quantitative estimate of drug-likeness (QED) is 0.588. The Kier molecular flexibility index (Phi) is 1.40. The average Bonchev–Trinajstić information content (AvgIpc) is 2.45. The van der Waals surface area contributed by atoms with Gasteiger partial charge >= 0.3 is 0 Å². The summed E-state index contributed by atoms with van der Waals surface area (Å²) in [4.78, 5) is 0. The van der Waals surface area contributed by atoms with Gasteiger partial charge in [-0.25, -0.2) is 0 Å². The van der Waals surface area contributed by atoms with Gasteiger partial charge in [-0.3, -0.25) is 0 Å². The van der Waals surface area contributed by atoms with Crippen LogP contribution >= 0.6 is 11.6 Å². The molecule has 0 saturated heterocycles. The van der Waals surface area contributed by atoms with Gasteiger partial charge in [0, 0.05) is 16.3 Å². The van der Waals surface area contributed by atoms with Gasteiger partial charge in [-0.2, -0.15) is 0 Å². The Labute approximate surface area is 70.5 Å². The maximum absolute atomic E-state index is 5.95. The monoisotopic (exact) mass is 165 g/mol. The van der Waals surface area contributed by atoms with E-state index in [0.29, 0.717) is 0 Å². The molecule has 1 aromatic carbocycles.